The molecule has 1 unspecified atom stereocenters. The van der Waals surface area contributed by atoms with E-state index >= 15 is 0 Å². The third kappa shape index (κ3) is 5.53. The van der Waals surface area contributed by atoms with E-state index in [1.165, 1.54) is 11.1 Å². The predicted molar refractivity (Wildman–Crippen MR) is 138 cm³/mol. The molecule has 0 bridgehead atoms. The third-order valence-corrected chi connectivity index (χ3v) is 6.45. The fourth-order valence-electron chi connectivity index (χ4n) is 4.49. The summed E-state index contributed by atoms with van der Waals surface area (Å²) < 4.78 is 10.7. The topological polar surface area (TPSA) is 51.7 Å². The number of hydrogen-bond acceptors (Lipinski definition) is 4. The van der Waals surface area contributed by atoms with E-state index in [0.29, 0.717) is 18.3 Å². The molecule has 5 nitrogen and oxygen atoms in total. The molecule has 0 radical (unpaired) electrons. The summed E-state index contributed by atoms with van der Waals surface area (Å²) in [4.78, 5) is 20.3. The number of methoxy groups -OCH3 is 2. The number of halogens is 1. The van der Waals surface area contributed by atoms with Crippen LogP contribution >= 0.6 is 12.4 Å². The van der Waals surface area contributed by atoms with Gasteiger partial charge in [0.1, 0.15) is 5.75 Å². The first-order chi connectivity index (χ1) is 16.0. The van der Waals surface area contributed by atoms with Gasteiger partial charge >= 0.3 is 0 Å². The van der Waals surface area contributed by atoms with E-state index in [0.717, 1.165) is 41.8 Å². The van der Waals surface area contributed by atoms with Gasteiger partial charge in [-0.05, 0) is 71.7 Å². The lowest BCUT2D eigenvalue weighted by Crippen LogP contribution is -2.36. The molecule has 0 saturated carbocycles. The van der Waals surface area contributed by atoms with Gasteiger partial charge in [-0.25, -0.2) is 4.98 Å². The summed E-state index contributed by atoms with van der Waals surface area (Å²) in [6.45, 7) is 4.80. The van der Waals surface area contributed by atoms with Crippen molar-refractivity contribution in [2.75, 3.05) is 19.1 Å². The molecule has 4 rings (SSSR count). The highest BCUT2D eigenvalue weighted by Gasteiger charge is 2.31. The zero-order valence-electron chi connectivity index (χ0n) is 20.3. The second kappa shape index (κ2) is 11.4. The standard InChI is InChI=1S/C28H32N2O3.ClH/c1-19(2)21-9-12-23(13-10-21)30(18-20-8-15-27(33-4)29-17-20)28(31)25-7-5-6-22-11-14-24(32-3)16-26(22)25;/h8-17,19,25H,5-7,18H2,1-4H3;1H. The van der Waals surface area contributed by atoms with Crippen LogP contribution in [0.5, 0.6) is 11.6 Å². The molecule has 2 aromatic carbocycles. The number of rotatable bonds is 7. The SMILES string of the molecule is COc1ccc2c(c1)C(C(=O)N(Cc1ccc(OC)nc1)c1ccc(C(C)C)cc1)CCC2.Cl. The first kappa shape index (κ1) is 25.6. The summed E-state index contributed by atoms with van der Waals surface area (Å²) in [5.74, 6) is 1.70. The molecule has 0 spiro atoms. The van der Waals surface area contributed by atoms with Crippen molar-refractivity contribution in [1.82, 2.24) is 4.98 Å². The summed E-state index contributed by atoms with van der Waals surface area (Å²) in [6.07, 6.45) is 4.61. The van der Waals surface area contributed by atoms with Crippen LogP contribution in [0.15, 0.2) is 60.8 Å². The predicted octanol–water partition coefficient (Wildman–Crippen LogP) is 6.30. The van der Waals surface area contributed by atoms with Crippen molar-refractivity contribution in [2.24, 2.45) is 0 Å². The molecule has 6 heteroatoms. The van der Waals surface area contributed by atoms with E-state index in [4.69, 9.17) is 9.47 Å². The monoisotopic (exact) mass is 480 g/mol. The molecule has 3 aromatic rings. The van der Waals surface area contributed by atoms with Crippen LogP contribution in [0, 0.1) is 0 Å². The van der Waals surface area contributed by atoms with Gasteiger partial charge in [-0.2, -0.15) is 0 Å². The molecule has 0 aliphatic heterocycles. The Morgan fingerprint density at radius 1 is 1.06 bits per heavy atom. The van der Waals surface area contributed by atoms with Crippen molar-refractivity contribution in [3.63, 3.8) is 0 Å². The molecule has 1 amide bonds. The molecule has 0 N–H and O–H groups in total. The third-order valence-electron chi connectivity index (χ3n) is 6.45. The van der Waals surface area contributed by atoms with Crippen molar-refractivity contribution >= 4 is 24.0 Å². The summed E-state index contributed by atoms with van der Waals surface area (Å²) >= 11 is 0. The summed E-state index contributed by atoms with van der Waals surface area (Å²) in [6, 6.07) is 18.3. The second-order valence-corrected chi connectivity index (χ2v) is 8.89. The number of fused-ring (bicyclic) bond motifs is 1. The van der Waals surface area contributed by atoms with E-state index < -0.39 is 0 Å². The minimum Gasteiger partial charge on any atom is -0.497 e. The average Bonchev–Trinajstić information content (AvgIpc) is 2.86. The van der Waals surface area contributed by atoms with Crippen LogP contribution in [-0.4, -0.2) is 25.1 Å². The Morgan fingerprint density at radius 3 is 2.44 bits per heavy atom. The van der Waals surface area contributed by atoms with Crippen LogP contribution in [0.4, 0.5) is 5.69 Å². The lowest BCUT2D eigenvalue weighted by Gasteiger charge is -2.31. The number of pyridine rings is 1. The molecule has 1 atom stereocenters. The second-order valence-electron chi connectivity index (χ2n) is 8.89. The van der Waals surface area contributed by atoms with Crippen LogP contribution in [0.25, 0.3) is 0 Å². The Labute approximate surface area is 208 Å². The number of aromatic nitrogens is 1. The average molecular weight is 481 g/mol. The molecule has 34 heavy (non-hydrogen) atoms. The van der Waals surface area contributed by atoms with E-state index in [1.54, 1.807) is 20.4 Å². The number of carbonyl (C=O) groups excluding carboxylic acids is 1. The quantitative estimate of drug-likeness (QED) is 0.398. The van der Waals surface area contributed by atoms with Gasteiger partial charge in [0.2, 0.25) is 11.8 Å². The summed E-state index contributed by atoms with van der Waals surface area (Å²) in [7, 11) is 3.27. The number of amides is 1. The number of ether oxygens (including phenoxy) is 2. The van der Waals surface area contributed by atoms with Gasteiger partial charge in [0, 0.05) is 18.0 Å². The lowest BCUT2D eigenvalue weighted by atomic mass is 9.81. The zero-order valence-corrected chi connectivity index (χ0v) is 21.1. The van der Waals surface area contributed by atoms with Gasteiger partial charge in [-0.1, -0.05) is 38.1 Å². The van der Waals surface area contributed by atoms with Gasteiger partial charge in [-0.15, -0.1) is 12.4 Å². The van der Waals surface area contributed by atoms with Gasteiger partial charge < -0.3 is 14.4 Å². The van der Waals surface area contributed by atoms with E-state index in [1.807, 2.05) is 29.2 Å². The zero-order chi connectivity index (χ0) is 23.4. The Balaban J connectivity index is 0.00000324. The highest BCUT2D eigenvalue weighted by atomic mass is 35.5. The lowest BCUT2D eigenvalue weighted by molar-refractivity contribution is -0.120. The smallest absolute Gasteiger partial charge is 0.234 e. The Bertz CT molecular complexity index is 1100. The number of nitrogens with zero attached hydrogens (tertiary/aromatic N) is 2. The Hall–Kier alpha value is -3.05. The first-order valence-corrected chi connectivity index (χ1v) is 11.6. The number of hydrogen-bond donors (Lipinski definition) is 0. The van der Waals surface area contributed by atoms with Crippen LogP contribution in [0.3, 0.4) is 0 Å². The number of aryl methyl sites for hydroxylation is 1. The first-order valence-electron chi connectivity index (χ1n) is 11.6. The van der Waals surface area contributed by atoms with E-state index in [9.17, 15) is 4.79 Å². The van der Waals surface area contributed by atoms with Gasteiger partial charge in [-0.3, -0.25) is 4.79 Å². The fourth-order valence-corrected chi connectivity index (χ4v) is 4.49. The molecular formula is C28H33ClN2O3. The number of carbonyl (C=O) groups is 1. The van der Waals surface area contributed by atoms with Gasteiger partial charge in [0.15, 0.2) is 0 Å². The fraction of sp³-hybridized carbons (Fsp3) is 0.357. The van der Waals surface area contributed by atoms with Gasteiger partial charge in [0.05, 0.1) is 26.7 Å². The van der Waals surface area contributed by atoms with Crippen molar-refractivity contribution in [3.8, 4) is 11.6 Å². The van der Waals surface area contributed by atoms with Crippen LogP contribution in [0.1, 0.15) is 60.8 Å². The molecule has 0 saturated heterocycles. The Morgan fingerprint density at radius 2 is 1.82 bits per heavy atom. The van der Waals surface area contributed by atoms with Gasteiger partial charge in [0.25, 0.3) is 0 Å². The molecule has 1 aliphatic carbocycles. The number of benzene rings is 2. The Kier molecular flexibility index (Phi) is 8.56. The summed E-state index contributed by atoms with van der Waals surface area (Å²) in [5, 5.41) is 0. The highest BCUT2D eigenvalue weighted by Crippen LogP contribution is 2.37. The molecule has 0 fully saturated rings. The maximum absolute atomic E-state index is 14.0. The molecule has 1 aliphatic rings. The minimum atomic E-state index is -0.195. The molecule has 1 heterocycles. The van der Waals surface area contributed by atoms with E-state index in [2.05, 4.69) is 49.2 Å². The number of anilines is 1. The largest absolute Gasteiger partial charge is 0.497 e. The highest BCUT2D eigenvalue weighted by molar-refractivity contribution is 5.98. The van der Waals surface area contributed by atoms with Crippen LogP contribution in [-0.2, 0) is 17.8 Å². The normalized spacial score (nSPS) is 14.7. The van der Waals surface area contributed by atoms with Crippen molar-refractivity contribution in [1.29, 1.82) is 0 Å². The molecule has 180 valence electrons. The van der Waals surface area contributed by atoms with Crippen LogP contribution in [0.2, 0.25) is 0 Å². The summed E-state index contributed by atoms with van der Waals surface area (Å²) in [5.41, 5.74) is 5.43. The van der Waals surface area contributed by atoms with Crippen LogP contribution < -0.4 is 14.4 Å². The maximum Gasteiger partial charge on any atom is 0.234 e. The van der Waals surface area contributed by atoms with E-state index in [-0.39, 0.29) is 24.2 Å². The van der Waals surface area contributed by atoms with Crippen molar-refractivity contribution in [2.45, 2.75) is 51.5 Å². The minimum absolute atomic E-state index is 0. The van der Waals surface area contributed by atoms with Crippen molar-refractivity contribution < 1.29 is 14.3 Å². The maximum atomic E-state index is 14.0. The molecular weight excluding hydrogens is 448 g/mol. The molecule has 1 aromatic heterocycles. The van der Waals surface area contributed by atoms with Crippen molar-refractivity contribution in [3.05, 3.63) is 83.0 Å².